The van der Waals surface area contributed by atoms with E-state index in [-0.39, 0.29) is 10.5 Å². The molecule has 0 saturated carbocycles. The monoisotopic (exact) mass is 383 g/mol. The molecule has 0 unspecified atom stereocenters. The summed E-state index contributed by atoms with van der Waals surface area (Å²) >= 11 is 0. The predicted octanol–water partition coefficient (Wildman–Crippen LogP) is 2.91. The van der Waals surface area contributed by atoms with E-state index in [1.807, 2.05) is 4.83 Å². The van der Waals surface area contributed by atoms with Crippen LogP contribution in [0.15, 0.2) is 52.5 Å². The van der Waals surface area contributed by atoms with Gasteiger partial charge in [0.2, 0.25) is 5.78 Å². The summed E-state index contributed by atoms with van der Waals surface area (Å²) in [6.07, 6.45) is -4.67. The summed E-state index contributed by atoms with van der Waals surface area (Å²) in [4.78, 5) is 13.9. The third-order valence-electron chi connectivity index (χ3n) is 3.68. The highest BCUT2D eigenvalue weighted by Crippen LogP contribution is 2.38. The number of carbonyl (C=O) groups excluding carboxylic acids is 1. The maximum atomic E-state index is 13.0. The van der Waals surface area contributed by atoms with E-state index >= 15 is 0 Å². The molecule has 3 rings (SSSR count). The Kier molecular flexibility index (Phi) is 4.23. The number of ketones is 1. The molecule has 2 aromatic carbocycles. The number of anilines is 1. The summed E-state index contributed by atoms with van der Waals surface area (Å²) in [5.74, 6) is -1.37. The number of rotatable bonds is 3. The summed E-state index contributed by atoms with van der Waals surface area (Å²) in [5.41, 5.74) is -0.862. The molecule has 0 atom stereocenters. The second kappa shape index (κ2) is 6.13. The second-order valence-electron chi connectivity index (χ2n) is 5.55. The molecular formula is C16H12F3N3O3S. The van der Waals surface area contributed by atoms with Gasteiger partial charge in [-0.1, -0.05) is 23.8 Å². The Labute approximate surface area is 146 Å². The third-order valence-corrected chi connectivity index (χ3v) is 4.91. The molecule has 0 bridgehead atoms. The van der Waals surface area contributed by atoms with Gasteiger partial charge in [0, 0.05) is 0 Å². The number of hydrogen-bond donors (Lipinski definition) is 2. The van der Waals surface area contributed by atoms with Gasteiger partial charge < -0.3 is 5.32 Å². The van der Waals surface area contributed by atoms with Crippen LogP contribution in [0.5, 0.6) is 0 Å². The Balaban J connectivity index is 1.90. The fourth-order valence-corrected chi connectivity index (χ4v) is 3.18. The first kappa shape index (κ1) is 17.9. The van der Waals surface area contributed by atoms with Crippen molar-refractivity contribution < 1.29 is 26.4 Å². The smallest absolute Gasteiger partial charge is 0.334 e. The van der Waals surface area contributed by atoms with Crippen LogP contribution in [0.3, 0.4) is 0 Å². The first-order valence-electron chi connectivity index (χ1n) is 7.28. The van der Waals surface area contributed by atoms with Gasteiger partial charge >= 0.3 is 6.18 Å². The Hall–Kier alpha value is -2.88. The maximum Gasteiger partial charge on any atom is 0.418 e. The molecule has 0 radical (unpaired) electrons. The van der Waals surface area contributed by atoms with Gasteiger partial charge in [0.25, 0.3) is 10.0 Å². The molecule has 0 aliphatic carbocycles. The average Bonchev–Trinajstić information content (AvgIpc) is 2.89. The molecular weight excluding hydrogens is 371 g/mol. The number of alkyl halides is 3. The number of nitrogens with zero attached hydrogens (tertiary/aromatic N) is 1. The third kappa shape index (κ3) is 3.27. The molecule has 1 aliphatic heterocycles. The van der Waals surface area contributed by atoms with Gasteiger partial charge in [-0.15, -0.1) is 5.10 Å². The van der Waals surface area contributed by atoms with Gasteiger partial charge in [0.05, 0.1) is 21.7 Å². The molecule has 10 heteroatoms. The highest BCUT2D eigenvalue weighted by molar-refractivity contribution is 7.89. The number of Topliss-reactive ketones (excluding diaryl/α,β-unsaturated/α-hetero) is 1. The lowest BCUT2D eigenvalue weighted by atomic mass is 10.1. The van der Waals surface area contributed by atoms with Crippen LogP contribution in [0.1, 0.15) is 21.5 Å². The number of hydrogen-bond acceptors (Lipinski definition) is 4. The maximum absolute atomic E-state index is 13.0. The number of hydrazone groups is 1. The van der Waals surface area contributed by atoms with Gasteiger partial charge in [-0.05, 0) is 31.2 Å². The Morgan fingerprint density at radius 1 is 1.08 bits per heavy atom. The van der Waals surface area contributed by atoms with E-state index in [0.29, 0.717) is 0 Å². The minimum atomic E-state index is -4.67. The summed E-state index contributed by atoms with van der Waals surface area (Å²) in [5, 5.41) is 5.71. The fourth-order valence-electron chi connectivity index (χ4n) is 2.37. The highest BCUT2D eigenvalue weighted by Gasteiger charge is 2.39. The van der Waals surface area contributed by atoms with E-state index in [9.17, 15) is 26.4 Å². The minimum absolute atomic E-state index is 0.0913. The van der Waals surface area contributed by atoms with Crippen molar-refractivity contribution in [1.82, 2.24) is 4.83 Å². The topological polar surface area (TPSA) is 87.6 Å². The number of benzene rings is 2. The van der Waals surface area contributed by atoms with E-state index in [4.69, 9.17) is 0 Å². The summed E-state index contributed by atoms with van der Waals surface area (Å²) in [7, 11) is -4.07. The molecule has 0 saturated heterocycles. The molecule has 0 aromatic heterocycles. The summed E-state index contributed by atoms with van der Waals surface area (Å²) < 4.78 is 63.4. The van der Waals surface area contributed by atoms with E-state index < -0.39 is 39.1 Å². The molecule has 0 fully saturated rings. The van der Waals surface area contributed by atoms with Crippen molar-refractivity contribution in [3.8, 4) is 0 Å². The molecule has 1 aliphatic rings. The number of halogens is 3. The molecule has 2 aromatic rings. The molecule has 0 amide bonds. The largest absolute Gasteiger partial charge is 0.418 e. The Morgan fingerprint density at radius 2 is 1.73 bits per heavy atom. The normalized spacial score (nSPS) is 15.7. The molecule has 2 N–H and O–H groups in total. The fraction of sp³-hybridized carbons (Fsp3) is 0.125. The van der Waals surface area contributed by atoms with Crippen molar-refractivity contribution in [2.75, 3.05) is 5.32 Å². The number of fused-ring (bicyclic) bond motifs is 1. The van der Waals surface area contributed by atoms with Crippen molar-refractivity contribution in [1.29, 1.82) is 0 Å². The van der Waals surface area contributed by atoms with E-state index in [0.717, 1.165) is 17.7 Å². The number of amidine groups is 1. The Bertz CT molecular complexity index is 1010. The van der Waals surface area contributed by atoms with Crippen molar-refractivity contribution >= 4 is 27.3 Å². The van der Waals surface area contributed by atoms with Gasteiger partial charge in [0.15, 0.2) is 5.84 Å². The van der Waals surface area contributed by atoms with Crippen LogP contribution in [0.4, 0.5) is 18.9 Å². The van der Waals surface area contributed by atoms with Crippen LogP contribution in [-0.2, 0) is 16.2 Å². The standard InChI is InChI=1S/C16H12F3N3O3S/c1-9-5-7-10(8-6-9)26(24,25)22-21-15-14(23)11-3-2-4-12(13(11)20-15)16(17,18)19/h2-8,22H,1H3,(H,20,21,23). The lowest BCUT2D eigenvalue weighted by Gasteiger charge is -2.10. The van der Waals surface area contributed by atoms with Crippen LogP contribution >= 0.6 is 0 Å². The van der Waals surface area contributed by atoms with E-state index in [2.05, 4.69) is 10.4 Å². The van der Waals surface area contributed by atoms with Crippen LogP contribution in [-0.4, -0.2) is 20.0 Å². The lowest BCUT2D eigenvalue weighted by Crippen LogP contribution is -2.24. The zero-order valence-electron chi connectivity index (χ0n) is 13.3. The second-order valence-corrected chi connectivity index (χ2v) is 7.21. The predicted molar refractivity (Wildman–Crippen MR) is 88.3 cm³/mol. The van der Waals surface area contributed by atoms with Gasteiger partial charge in [-0.3, -0.25) is 4.79 Å². The molecule has 0 spiro atoms. The summed E-state index contributed by atoms with van der Waals surface area (Å²) in [6, 6.07) is 8.96. The van der Waals surface area contributed by atoms with E-state index in [1.165, 1.54) is 18.2 Å². The number of carbonyl (C=O) groups is 1. The number of para-hydroxylation sites is 1. The number of aryl methyl sites for hydroxylation is 1. The first-order valence-corrected chi connectivity index (χ1v) is 8.76. The van der Waals surface area contributed by atoms with Crippen LogP contribution in [0.2, 0.25) is 0 Å². The van der Waals surface area contributed by atoms with Gasteiger partial charge in [-0.25, -0.2) is 0 Å². The first-order chi connectivity index (χ1) is 12.1. The number of nitrogens with one attached hydrogen (secondary N) is 2. The van der Waals surface area contributed by atoms with Crippen molar-refractivity contribution in [2.24, 2.45) is 5.10 Å². The van der Waals surface area contributed by atoms with Crippen LogP contribution in [0, 0.1) is 6.92 Å². The summed E-state index contributed by atoms with van der Waals surface area (Å²) in [6.45, 7) is 1.78. The van der Waals surface area contributed by atoms with Crippen molar-refractivity contribution in [2.45, 2.75) is 18.0 Å². The highest BCUT2D eigenvalue weighted by atomic mass is 32.2. The lowest BCUT2D eigenvalue weighted by molar-refractivity contribution is -0.136. The van der Waals surface area contributed by atoms with Crippen molar-refractivity contribution in [3.63, 3.8) is 0 Å². The van der Waals surface area contributed by atoms with Crippen LogP contribution < -0.4 is 10.1 Å². The van der Waals surface area contributed by atoms with Gasteiger partial charge in [0.1, 0.15) is 0 Å². The molecule has 26 heavy (non-hydrogen) atoms. The molecule has 6 nitrogen and oxygen atoms in total. The zero-order valence-corrected chi connectivity index (χ0v) is 14.1. The SMILES string of the molecule is Cc1ccc(S(=O)(=O)NN=C2Nc3c(cccc3C(F)(F)F)C2=O)cc1. The van der Waals surface area contributed by atoms with E-state index in [1.54, 1.807) is 19.1 Å². The molecule has 1 heterocycles. The van der Waals surface area contributed by atoms with Gasteiger partial charge in [-0.2, -0.15) is 26.4 Å². The van der Waals surface area contributed by atoms with Crippen LogP contribution in [0.25, 0.3) is 0 Å². The molecule has 136 valence electrons. The zero-order chi connectivity index (χ0) is 19.1. The minimum Gasteiger partial charge on any atom is -0.334 e. The Morgan fingerprint density at radius 3 is 2.35 bits per heavy atom. The average molecular weight is 383 g/mol. The quantitative estimate of drug-likeness (QED) is 0.798. The number of sulfonamides is 1. The van der Waals surface area contributed by atoms with Crippen molar-refractivity contribution in [3.05, 3.63) is 59.2 Å².